The number of ether oxygens (including phenoxy) is 1. The van der Waals surface area contributed by atoms with E-state index in [2.05, 4.69) is 10.2 Å². The number of hydrogen-bond donors (Lipinski definition) is 1. The van der Waals surface area contributed by atoms with Crippen molar-refractivity contribution in [2.75, 3.05) is 25.5 Å². The van der Waals surface area contributed by atoms with E-state index in [1.54, 1.807) is 7.11 Å². The molecule has 2 aromatic carbocycles. The summed E-state index contributed by atoms with van der Waals surface area (Å²) in [5.41, 5.74) is 1.13. The van der Waals surface area contributed by atoms with Gasteiger partial charge in [0.05, 0.1) is 19.3 Å². The Hall–Kier alpha value is -2.47. The number of nitrogens with zero attached hydrogens (tertiary/aromatic N) is 1. The molecule has 144 valence electrons. The van der Waals surface area contributed by atoms with E-state index >= 15 is 0 Å². The van der Waals surface area contributed by atoms with Crippen LogP contribution < -0.4 is 10.1 Å². The lowest BCUT2D eigenvalue weighted by molar-refractivity contribution is -0.117. The predicted molar refractivity (Wildman–Crippen MR) is 101 cm³/mol. The number of rotatable bonds is 5. The fraction of sp³-hybridized carbons (Fsp3) is 0.381. The molecular weight excluding hydrogens is 350 g/mol. The number of anilines is 1. The van der Waals surface area contributed by atoms with Gasteiger partial charge in [-0.25, -0.2) is 8.78 Å². The molecule has 0 spiro atoms. The maximum atomic E-state index is 13.8. The number of hydrogen-bond acceptors (Lipinski definition) is 3. The highest BCUT2D eigenvalue weighted by Gasteiger charge is 2.24. The highest BCUT2D eigenvalue weighted by atomic mass is 19.1. The van der Waals surface area contributed by atoms with Gasteiger partial charge in [0.15, 0.2) is 0 Å². The van der Waals surface area contributed by atoms with Crippen molar-refractivity contribution in [1.29, 1.82) is 0 Å². The molecule has 2 aromatic rings. The van der Waals surface area contributed by atoms with Crippen molar-refractivity contribution in [3.63, 3.8) is 0 Å². The Bertz CT molecular complexity index is 780. The van der Waals surface area contributed by atoms with Gasteiger partial charge in [0.1, 0.15) is 17.4 Å². The van der Waals surface area contributed by atoms with Gasteiger partial charge in [-0.2, -0.15) is 0 Å². The molecule has 0 aliphatic carbocycles. The second kappa shape index (κ2) is 8.95. The summed E-state index contributed by atoms with van der Waals surface area (Å²) in [5.74, 6) is -0.951. The normalized spacial score (nSPS) is 18.0. The zero-order valence-corrected chi connectivity index (χ0v) is 15.4. The van der Waals surface area contributed by atoms with Crippen LogP contribution >= 0.6 is 0 Å². The van der Waals surface area contributed by atoms with Crippen LogP contribution in [-0.4, -0.2) is 31.0 Å². The van der Waals surface area contributed by atoms with Gasteiger partial charge in [-0.3, -0.25) is 9.69 Å². The quantitative estimate of drug-likeness (QED) is 0.836. The first-order chi connectivity index (χ1) is 13.1. The van der Waals surface area contributed by atoms with E-state index in [0.717, 1.165) is 55.7 Å². The Kier molecular flexibility index (Phi) is 6.40. The van der Waals surface area contributed by atoms with Crippen molar-refractivity contribution in [1.82, 2.24) is 4.90 Å². The minimum Gasteiger partial charge on any atom is -0.497 e. The van der Waals surface area contributed by atoms with Gasteiger partial charge in [-0.05, 0) is 49.2 Å². The maximum absolute atomic E-state index is 13.8. The van der Waals surface area contributed by atoms with Crippen LogP contribution in [0.2, 0.25) is 0 Å². The van der Waals surface area contributed by atoms with Crippen LogP contribution in [0.1, 0.15) is 37.3 Å². The number of carbonyl (C=O) groups excluding carboxylic acids is 1. The van der Waals surface area contributed by atoms with E-state index in [1.807, 2.05) is 24.3 Å². The Morgan fingerprint density at radius 2 is 1.93 bits per heavy atom. The summed E-state index contributed by atoms with van der Waals surface area (Å²) < 4.78 is 32.0. The molecule has 1 amide bonds. The first-order valence-corrected chi connectivity index (χ1v) is 9.19. The van der Waals surface area contributed by atoms with E-state index in [9.17, 15) is 13.6 Å². The van der Waals surface area contributed by atoms with Gasteiger partial charge in [0, 0.05) is 12.1 Å². The summed E-state index contributed by atoms with van der Waals surface area (Å²) >= 11 is 0. The van der Waals surface area contributed by atoms with Crippen LogP contribution in [0.5, 0.6) is 5.75 Å². The molecule has 1 N–H and O–H groups in total. The minimum atomic E-state index is -0.772. The molecule has 0 saturated carbocycles. The summed E-state index contributed by atoms with van der Waals surface area (Å²) in [4.78, 5) is 14.6. The van der Waals surface area contributed by atoms with Gasteiger partial charge in [-0.1, -0.05) is 25.0 Å². The molecule has 4 nitrogen and oxygen atoms in total. The van der Waals surface area contributed by atoms with Gasteiger partial charge in [0.25, 0.3) is 0 Å². The number of halogens is 2. The number of methoxy groups -OCH3 is 1. The molecular formula is C21H24F2N2O2. The van der Waals surface area contributed by atoms with Crippen LogP contribution in [0.25, 0.3) is 0 Å². The zero-order chi connectivity index (χ0) is 19.2. The first-order valence-electron chi connectivity index (χ1n) is 9.19. The van der Waals surface area contributed by atoms with Crippen LogP contribution in [0.4, 0.5) is 14.5 Å². The number of carbonyl (C=O) groups is 1. The lowest BCUT2D eigenvalue weighted by Crippen LogP contribution is -2.36. The molecule has 1 fully saturated rings. The van der Waals surface area contributed by atoms with Crippen molar-refractivity contribution in [2.24, 2.45) is 0 Å². The Labute approximate surface area is 158 Å². The number of likely N-dealkylation sites (tertiary alicyclic amines) is 1. The molecule has 1 heterocycles. The average Bonchev–Trinajstić information content (AvgIpc) is 2.89. The molecule has 1 atom stereocenters. The smallest absolute Gasteiger partial charge is 0.238 e. The summed E-state index contributed by atoms with van der Waals surface area (Å²) in [6, 6.07) is 11.2. The lowest BCUT2D eigenvalue weighted by Gasteiger charge is -2.29. The Morgan fingerprint density at radius 3 is 2.63 bits per heavy atom. The second-order valence-electron chi connectivity index (χ2n) is 6.78. The standard InChI is InChI=1S/C21H24F2N2O2/c1-27-17-9-6-15(7-10-17)20-5-3-2-4-12-25(20)14-21(26)24-19-11-8-16(22)13-18(19)23/h6-11,13,20H,2-5,12,14H2,1H3,(H,24,26). The largest absolute Gasteiger partial charge is 0.497 e. The number of nitrogens with one attached hydrogen (secondary N) is 1. The van der Waals surface area contributed by atoms with Crippen LogP contribution in [0.15, 0.2) is 42.5 Å². The third-order valence-electron chi connectivity index (χ3n) is 4.92. The average molecular weight is 374 g/mol. The highest BCUT2D eigenvalue weighted by molar-refractivity contribution is 5.92. The van der Waals surface area contributed by atoms with Crippen LogP contribution in [0.3, 0.4) is 0 Å². The topological polar surface area (TPSA) is 41.6 Å². The van der Waals surface area contributed by atoms with Gasteiger partial charge >= 0.3 is 0 Å². The fourth-order valence-corrected chi connectivity index (χ4v) is 3.53. The minimum absolute atomic E-state index is 0.00257. The predicted octanol–water partition coefficient (Wildman–Crippen LogP) is 4.53. The highest BCUT2D eigenvalue weighted by Crippen LogP contribution is 2.31. The molecule has 0 aromatic heterocycles. The molecule has 1 aliphatic rings. The zero-order valence-electron chi connectivity index (χ0n) is 15.4. The Morgan fingerprint density at radius 1 is 1.15 bits per heavy atom. The van der Waals surface area contributed by atoms with Gasteiger partial charge < -0.3 is 10.1 Å². The summed E-state index contributed by atoms with van der Waals surface area (Å²) in [6.07, 6.45) is 4.20. The van der Waals surface area contributed by atoms with Gasteiger partial charge in [-0.15, -0.1) is 0 Å². The molecule has 6 heteroatoms. The van der Waals surface area contributed by atoms with E-state index in [1.165, 1.54) is 6.07 Å². The molecule has 0 bridgehead atoms. The second-order valence-corrected chi connectivity index (χ2v) is 6.78. The van der Waals surface area contributed by atoms with E-state index < -0.39 is 11.6 Å². The Balaban J connectivity index is 1.71. The molecule has 1 saturated heterocycles. The van der Waals surface area contributed by atoms with Crippen molar-refractivity contribution >= 4 is 11.6 Å². The monoisotopic (exact) mass is 374 g/mol. The van der Waals surface area contributed by atoms with Crippen molar-refractivity contribution in [3.05, 3.63) is 59.7 Å². The summed E-state index contributed by atoms with van der Waals surface area (Å²) in [7, 11) is 1.63. The van der Waals surface area contributed by atoms with Crippen molar-refractivity contribution < 1.29 is 18.3 Å². The van der Waals surface area contributed by atoms with E-state index in [4.69, 9.17) is 4.74 Å². The molecule has 1 unspecified atom stereocenters. The van der Waals surface area contributed by atoms with Gasteiger partial charge in [0.2, 0.25) is 5.91 Å². The number of benzene rings is 2. The summed E-state index contributed by atoms with van der Waals surface area (Å²) in [5, 5.41) is 2.55. The molecule has 1 aliphatic heterocycles. The maximum Gasteiger partial charge on any atom is 0.238 e. The fourth-order valence-electron chi connectivity index (χ4n) is 3.53. The van der Waals surface area contributed by atoms with E-state index in [-0.39, 0.29) is 24.2 Å². The molecule has 0 radical (unpaired) electrons. The van der Waals surface area contributed by atoms with Crippen LogP contribution in [0, 0.1) is 11.6 Å². The molecule has 3 rings (SSSR count). The first kappa shape index (κ1) is 19.3. The molecule has 27 heavy (non-hydrogen) atoms. The van der Waals surface area contributed by atoms with Crippen molar-refractivity contribution in [3.8, 4) is 5.75 Å². The van der Waals surface area contributed by atoms with E-state index in [0.29, 0.717) is 0 Å². The third-order valence-corrected chi connectivity index (χ3v) is 4.92. The SMILES string of the molecule is COc1ccc(C2CCCCCN2CC(=O)Nc2ccc(F)cc2F)cc1. The lowest BCUT2D eigenvalue weighted by atomic mass is 10.0. The third kappa shape index (κ3) is 5.04. The summed E-state index contributed by atoms with van der Waals surface area (Å²) in [6.45, 7) is 0.962. The van der Waals surface area contributed by atoms with Crippen LogP contribution in [-0.2, 0) is 4.79 Å². The van der Waals surface area contributed by atoms with Crippen molar-refractivity contribution in [2.45, 2.75) is 31.7 Å². The number of amides is 1.